The number of urea groups is 1. The largest absolute Gasteiger partial charge is 0.486 e. The van der Waals surface area contributed by atoms with Crippen molar-refractivity contribution in [2.24, 2.45) is 0 Å². The van der Waals surface area contributed by atoms with Crippen molar-refractivity contribution < 1.29 is 23.9 Å². The molecule has 1 saturated heterocycles. The van der Waals surface area contributed by atoms with E-state index in [-0.39, 0.29) is 18.5 Å². The van der Waals surface area contributed by atoms with Gasteiger partial charge in [-0.05, 0) is 43.7 Å². The van der Waals surface area contributed by atoms with Gasteiger partial charge >= 0.3 is 6.03 Å². The van der Waals surface area contributed by atoms with Crippen molar-refractivity contribution >= 4 is 39.4 Å². The molecule has 1 fully saturated rings. The summed E-state index contributed by atoms with van der Waals surface area (Å²) in [5.74, 6) is 0.254. The van der Waals surface area contributed by atoms with Crippen molar-refractivity contribution in [2.45, 2.75) is 25.4 Å². The molecule has 0 spiro atoms. The molecule has 176 valence electrons. The first-order valence-corrected chi connectivity index (χ1v) is 11.7. The Morgan fingerprint density at radius 1 is 1.21 bits per heavy atom. The number of rotatable bonds is 5. The number of nitrogens with zero attached hydrogens (tertiary/aromatic N) is 3. The molecule has 1 aromatic heterocycles. The lowest BCUT2D eigenvalue weighted by Crippen LogP contribution is -2.44. The predicted molar refractivity (Wildman–Crippen MR) is 126 cm³/mol. The maximum Gasteiger partial charge on any atom is 0.325 e. The van der Waals surface area contributed by atoms with Crippen LogP contribution in [0.5, 0.6) is 11.5 Å². The Hall–Kier alpha value is -3.66. The summed E-state index contributed by atoms with van der Waals surface area (Å²) in [6.07, 6.45) is 0. The van der Waals surface area contributed by atoms with Gasteiger partial charge in [0.2, 0.25) is 5.91 Å². The van der Waals surface area contributed by atoms with Crippen LogP contribution in [0.25, 0.3) is 10.2 Å². The number of likely N-dealkylation sites (N-methyl/N-ethyl adjacent to an activating group) is 1. The van der Waals surface area contributed by atoms with E-state index in [0.29, 0.717) is 30.3 Å². The number of nitrogens with one attached hydrogen (secondary N) is 1. The molecule has 5 rings (SSSR count). The van der Waals surface area contributed by atoms with Crippen molar-refractivity contribution in [3.63, 3.8) is 0 Å². The Kier molecular flexibility index (Phi) is 5.40. The second kappa shape index (κ2) is 8.28. The van der Waals surface area contributed by atoms with E-state index in [1.807, 2.05) is 31.2 Å². The zero-order chi connectivity index (χ0) is 24.0. The molecule has 0 saturated carbocycles. The zero-order valence-electron chi connectivity index (χ0n) is 19.0. The highest BCUT2D eigenvalue weighted by atomic mass is 32.1. The van der Waals surface area contributed by atoms with Gasteiger partial charge in [-0.15, -0.1) is 11.3 Å². The van der Waals surface area contributed by atoms with E-state index in [0.717, 1.165) is 20.1 Å². The summed E-state index contributed by atoms with van der Waals surface area (Å²) in [5, 5.41) is 3.52. The molecule has 4 amide bonds. The molecule has 34 heavy (non-hydrogen) atoms. The van der Waals surface area contributed by atoms with Crippen LogP contribution in [0.3, 0.4) is 0 Å². The molecule has 0 aliphatic carbocycles. The predicted octanol–water partition coefficient (Wildman–Crippen LogP) is 3.05. The van der Waals surface area contributed by atoms with Gasteiger partial charge in [-0.3, -0.25) is 14.5 Å². The number of para-hydroxylation sites is 1. The number of thiazole rings is 1. The van der Waals surface area contributed by atoms with Crippen LogP contribution in [0.4, 0.5) is 4.79 Å². The number of amides is 4. The monoisotopic (exact) mass is 480 g/mol. The third-order valence-corrected chi connectivity index (χ3v) is 7.54. The Labute approximate surface area is 200 Å². The van der Waals surface area contributed by atoms with Gasteiger partial charge in [-0.2, -0.15) is 0 Å². The Balaban J connectivity index is 1.32. The van der Waals surface area contributed by atoms with E-state index >= 15 is 0 Å². The first kappa shape index (κ1) is 22.1. The zero-order valence-corrected chi connectivity index (χ0v) is 19.8. The maximum absolute atomic E-state index is 13.3. The summed E-state index contributed by atoms with van der Waals surface area (Å²) in [4.78, 5) is 46.2. The van der Waals surface area contributed by atoms with Gasteiger partial charge < -0.3 is 19.7 Å². The van der Waals surface area contributed by atoms with E-state index < -0.39 is 17.5 Å². The highest BCUT2D eigenvalue weighted by Crippen LogP contribution is 2.37. The van der Waals surface area contributed by atoms with Crippen molar-refractivity contribution in [1.82, 2.24) is 20.1 Å². The molecule has 9 nitrogen and oxygen atoms in total. The summed E-state index contributed by atoms with van der Waals surface area (Å²) in [7, 11) is 1.65. The SMILES string of the molecule is C[C@@H](c1nc2ccccc2s1)N(C)C(=O)CN1C(=O)N[C@](C)(c2ccc3c(c2)OCCO3)C1=O. The summed E-state index contributed by atoms with van der Waals surface area (Å²) in [6.45, 7) is 4.00. The molecule has 3 heterocycles. The van der Waals surface area contributed by atoms with Crippen molar-refractivity contribution in [1.29, 1.82) is 0 Å². The van der Waals surface area contributed by atoms with E-state index in [1.54, 1.807) is 32.2 Å². The summed E-state index contributed by atoms with van der Waals surface area (Å²) >= 11 is 1.52. The molecule has 3 aromatic rings. The lowest BCUT2D eigenvalue weighted by atomic mass is 9.91. The number of carbonyl (C=O) groups excluding carboxylic acids is 3. The fourth-order valence-corrected chi connectivity index (χ4v) is 5.15. The summed E-state index contributed by atoms with van der Waals surface area (Å²) in [5.41, 5.74) is 0.116. The normalized spacial score (nSPS) is 20.4. The lowest BCUT2D eigenvalue weighted by Gasteiger charge is -2.26. The number of ether oxygens (including phenoxy) is 2. The van der Waals surface area contributed by atoms with Crippen LogP contribution in [0.2, 0.25) is 0 Å². The summed E-state index contributed by atoms with van der Waals surface area (Å²) in [6, 6.07) is 12.0. The average Bonchev–Trinajstić information content (AvgIpc) is 3.38. The quantitative estimate of drug-likeness (QED) is 0.564. The molecule has 2 aliphatic heterocycles. The highest BCUT2D eigenvalue weighted by Gasteiger charge is 2.50. The van der Waals surface area contributed by atoms with E-state index in [4.69, 9.17) is 9.47 Å². The standard InChI is InChI=1S/C24H24N4O5S/c1-14(21-25-16-6-4-5-7-19(16)34-21)27(3)20(29)13-28-22(30)24(2,26-23(28)31)15-8-9-17-18(12-15)33-11-10-32-17/h4-9,12,14H,10-11,13H2,1-3H3,(H,26,31)/t14-,24+/m0/s1. The number of aromatic nitrogens is 1. The first-order chi connectivity index (χ1) is 16.3. The Morgan fingerprint density at radius 3 is 2.71 bits per heavy atom. The van der Waals surface area contributed by atoms with Gasteiger partial charge in [0.25, 0.3) is 5.91 Å². The molecular formula is C24H24N4O5S. The molecule has 1 N–H and O–H groups in total. The number of fused-ring (bicyclic) bond motifs is 2. The highest BCUT2D eigenvalue weighted by molar-refractivity contribution is 7.18. The Morgan fingerprint density at radius 2 is 1.94 bits per heavy atom. The fourth-order valence-electron chi connectivity index (χ4n) is 4.09. The van der Waals surface area contributed by atoms with Crippen LogP contribution in [-0.2, 0) is 15.1 Å². The number of hydrogen-bond acceptors (Lipinski definition) is 7. The molecule has 0 radical (unpaired) electrons. The maximum atomic E-state index is 13.3. The molecule has 2 aromatic carbocycles. The third-order valence-electron chi connectivity index (χ3n) is 6.33. The minimum absolute atomic E-state index is 0.310. The number of carbonyl (C=O) groups is 3. The van der Waals surface area contributed by atoms with Gasteiger partial charge in [-0.25, -0.2) is 9.78 Å². The first-order valence-electron chi connectivity index (χ1n) is 10.9. The topological polar surface area (TPSA) is 101 Å². The second-order valence-electron chi connectivity index (χ2n) is 8.51. The Bertz CT molecular complexity index is 1270. The van der Waals surface area contributed by atoms with Crippen LogP contribution in [0.1, 0.15) is 30.5 Å². The van der Waals surface area contributed by atoms with E-state index in [9.17, 15) is 14.4 Å². The van der Waals surface area contributed by atoms with Gasteiger partial charge in [0, 0.05) is 7.05 Å². The van der Waals surface area contributed by atoms with Crippen LogP contribution in [-0.4, -0.2) is 59.4 Å². The van der Waals surface area contributed by atoms with Crippen LogP contribution < -0.4 is 14.8 Å². The van der Waals surface area contributed by atoms with Crippen molar-refractivity contribution in [2.75, 3.05) is 26.8 Å². The number of imide groups is 1. The average molecular weight is 481 g/mol. The molecule has 0 unspecified atom stereocenters. The molecule has 2 atom stereocenters. The van der Waals surface area contributed by atoms with Crippen LogP contribution in [0, 0.1) is 0 Å². The van der Waals surface area contributed by atoms with Crippen molar-refractivity contribution in [3.05, 3.63) is 53.0 Å². The van der Waals surface area contributed by atoms with Crippen LogP contribution >= 0.6 is 11.3 Å². The minimum atomic E-state index is -1.32. The molecule has 0 bridgehead atoms. The van der Waals surface area contributed by atoms with E-state index in [1.165, 1.54) is 16.2 Å². The fraction of sp³-hybridized carbons (Fsp3) is 0.333. The van der Waals surface area contributed by atoms with Gasteiger partial charge in [0.15, 0.2) is 11.5 Å². The molecule has 10 heteroatoms. The third kappa shape index (κ3) is 3.63. The molecular weight excluding hydrogens is 456 g/mol. The minimum Gasteiger partial charge on any atom is -0.486 e. The van der Waals surface area contributed by atoms with Gasteiger partial charge in [-0.1, -0.05) is 18.2 Å². The van der Waals surface area contributed by atoms with Crippen LogP contribution in [0.15, 0.2) is 42.5 Å². The van der Waals surface area contributed by atoms with Gasteiger partial charge in [0.1, 0.15) is 30.3 Å². The number of benzene rings is 2. The smallest absolute Gasteiger partial charge is 0.325 e. The summed E-state index contributed by atoms with van der Waals surface area (Å²) < 4.78 is 12.2. The van der Waals surface area contributed by atoms with Crippen molar-refractivity contribution in [3.8, 4) is 11.5 Å². The number of hydrogen-bond donors (Lipinski definition) is 1. The lowest BCUT2D eigenvalue weighted by molar-refractivity contribution is -0.139. The van der Waals surface area contributed by atoms with Gasteiger partial charge in [0.05, 0.1) is 16.3 Å². The van der Waals surface area contributed by atoms with E-state index in [2.05, 4.69) is 10.3 Å². The molecule has 2 aliphatic rings. The second-order valence-corrected chi connectivity index (χ2v) is 9.57.